The topological polar surface area (TPSA) is 41.1 Å². The summed E-state index contributed by atoms with van der Waals surface area (Å²) in [6, 6.07) is 0. The number of piperidine rings is 1. The smallest absolute Gasteiger partial charge is 0.224 e. The maximum atomic E-state index is 5.77. The lowest BCUT2D eigenvalue weighted by Crippen LogP contribution is -2.33. The average Bonchev–Trinajstić information content (AvgIpc) is 2.35. The molecule has 1 aliphatic heterocycles. The van der Waals surface area contributed by atoms with Crippen molar-refractivity contribution in [1.29, 1.82) is 0 Å². The lowest BCUT2D eigenvalue weighted by atomic mass is 10.1. The molecule has 0 amide bonds. The van der Waals surface area contributed by atoms with Crippen LogP contribution in [-0.2, 0) is 0 Å². The highest BCUT2D eigenvalue weighted by Gasteiger charge is 2.09. The standard InChI is InChI=1S/C12H19ClN4/c1-10-9-15-12(13)16-11(10)14-5-8-17-6-3-2-4-7-17/h9H,2-8H2,1H3,(H,14,15,16). The van der Waals surface area contributed by atoms with Crippen molar-refractivity contribution in [3.63, 3.8) is 0 Å². The van der Waals surface area contributed by atoms with E-state index in [9.17, 15) is 0 Å². The Hall–Kier alpha value is -0.870. The minimum absolute atomic E-state index is 0.302. The molecule has 0 radical (unpaired) electrons. The van der Waals surface area contributed by atoms with Gasteiger partial charge in [0.1, 0.15) is 5.82 Å². The molecule has 2 heterocycles. The van der Waals surface area contributed by atoms with E-state index in [2.05, 4.69) is 20.2 Å². The zero-order chi connectivity index (χ0) is 12.1. The minimum atomic E-state index is 0.302. The van der Waals surface area contributed by atoms with Crippen molar-refractivity contribution in [2.45, 2.75) is 26.2 Å². The monoisotopic (exact) mass is 254 g/mol. The van der Waals surface area contributed by atoms with Gasteiger partial charge < -0.3 is 10.2 Å². The summed E-state index contributed by atoms with van der Waals surface area (Å²) in [6.07, 6.45) is 5.79. The van der Waals surface area contributed by atoms with Crippen molar-refractivity contribution in [3.8, 4) is 0 Å². The second-order valence-corrected chi connectivity index (χ2v) is 4.84. The molecular weight excluding hydrogens is 236 g/mol. The van der Waals surface area contributed by atoms with Crippen molar-refractivity contribution in [2.75, 3.05) is 31.5 Å². The molecule has 0 saturated carbocycles. The van der Waals surface area contributed by atoms with E-state index in [1.807, 2.05) is 6.92 Å². The van der Waals surface area contributed by atoms with Gasteiger partial charge in [0.2, 0.25) is 5.28 Å². The van der Waals surface area contributed by atoms with Crippen molar-refractivity contribution >= 4 is 17.4 Å². The number of hydrogen-bond donors (Lipinski definition) is 1. The third-order valence-electron chi connectivity index (χ3n) is 3.11. The number of aromatic nitrogens is 2. The number of anilines is 1. The molecule has 5 heteroatoms. The molecule has 1 aromatic heterocycles. The summed E-state index contributed by atoms with van der Waals surface area (Å²) in [5, 5.41) is 3.63. The van der Waals surface area contributed by atoms with Crippen molar-refractivity contribution in [3.05, 3.63) is 17.0 Å². The van der Waals surface area contributed by atoms with E-state index in [0.717, 1.165) is 24.5 Å². The zero-order valence-electron chi connectivity index (χ0n) is 10.2. The van der Waals surface area contributed by atoms with Gasteiger partial charge >= 0.3 is 0 Å². The molecule has 94 valence electrons. The Labute approximate surface area is 107 Å². The van der Waals surface area contributed by atoms with E-state index in [0.29, 0.717) is 5.28 Å². The van der Waals surface area contributed by atoms with E-state index < -0.39 is 0 Å². The Bertz CT molecular complexity index is 364. The Morgan fingerprint density at radius 1 is 1.35 bits per heavy atom. The fourth-order valence-corrected chi connectivity index (χ4v) is 2.25. The fourth-order valence-electron chi connectivity index (χ4n) is 2.11. The number of rotatable bonds is 4. The zero-order valence-corrected chi connectivity index (χ0v) is 11.0. The van der Waals surface area contributed by atoms with Crippen LogP contribution in [0.2, 0.25) is 5.28 Å². The van der Waals surface area contributed by atoms with Crippen LogP contribution in [0.15, 0.2) is 6.20 Å². The first-order valence-corrected chi connectivity index (χ1v) is 6.59. The van der Waals surface area contributed by atoms with Gasteiger partial charge in [-0.3, -0.25) is 0 Å². The third kappa shape index (κ3) is 3.82. The van der Waals surface area contributed by atoms with Crippen LogP contribution in [-0.4, -0.2) is 41.0 Å². The Kier molecular flexibility index (Phi) is 4.57. The fraction of sp³-hybridized carbons (Fsp3) is 0.667. The molecule has 0 spiro atoms. The highest BCUT2D eigenvalue weighted by atomic mass is 35.5. The molecule has 0 aliphatic carbocycles. The molecule has 2 rings (SSSR count). The molecule has 0 atom stereocenters. The highest BCUT2D eigenvalue weighted by Crippen LogP contribution is 2.12. The summed E-state index contributed by atoms with van der Waals surface area (Å²) < 4.78 is 0. The summed E-state index contributed by atoms with van der Waals surface area (Å²) in [5.41, 5.74) is 1.04. The largest absolute Gasteiger partial charge is 0.368 e. The van der Waals surface area contributed by atoms with Gasteiger partial charge in [-0.05, 0) is 44.5 Å². The van der Waals surface area contributed by atoms with Crippen LogP contribution in [0.5, 0.6) is 0 Å². The number of nitrogens with zero attached hydrogens (tertiary/aromatic N) is 3. The second kappa shape index (κ2) is 6.17. The molecule has 1 aromatic rings. The van der Waals surface area contributed by atoms with Gasteiger partial charge in [-0.25, -0.2) is 9.97 Å². The van der Waals surface area contributed by atoms with E-state index in [1.165, 1.54) is 32.4 Å². The summed E-state index contributed by atoms with van der Waals surface area (Å²) in [7, 11) is 0. The molecule has 1 fully saturated rings. The second-order valence-electron chi connectivity index (χ2n) is 4.50. The number of likely N-dealkylation sites (tertiary alicyclic amines) is 1. The Balaban J connectivity index is 1.79. The van der Waals surface area contributed by atoms with Crippen LogP contribution in [0, 0.1) is 6.92 Å². The molecular formula is C12H19ClN4. The van der Waals surface area contributed by atoms with Gasteiger partial charge in [-0.15, -0.1) is 0 Å². The van der Waals surface area contributed by atoms with E-state index in [1.54, 1.807) is 6.20 Å². The van der Waals surface area contributed by atoms with Crippen LogP contribution in [0.3, 0.4) is 0 Å². The van der Waals surface area contributed by atoms with Crippen LogP contribution >= 0.6 is 11.6 Å². The maximum Gasteiger partial charge on any atom is 0.224 e. The highest BCUT2D eigenvalue weighted by molar-refractivity contribution is 6.28. The molecule has 1 aliphatic rings. The third-order valence-corrected chi connectivity index (χ3v) is 3.29. The molecule has 4 nitrogen and oxygen atoms in total. The summed E-state index contributed by atoms with van der Waals surface area (Å²) in [6.45, 7) is 6.42. The van der Waals surface area contributed by atoms with Crippen molar-refractivity contribution in [2.24, 2.45) is 0 Å². The first kappa shape index (κ1) is 12.6. The van der Waals surface area contributed by atoms with Crippen LogP contribution in [0.1, 0.15) is 24.8 Å². The molecule has 1 N–H and O–H groups in total. The van der Waals surface area contributed by atoms with Gasteiger partial charge in [0.15, 0.2) is 0 Å². The average molecular weight is 255 g/mol. The molecule has 0 bridgehead atoms. The van der Waals surface area contributed by atoms with E-state index in [-0.39, 0.29) is 0 Å². The van der Waals surface area contributed by atoms with Gasteiger partial charge in [0.25, 0.3) is 0 Å². The summed E-state index contributed by atoms with van der Waals surface area (Å²) in [4.78, 5) is 10.6. The maximum absolute atomic E-state index is 5.77. The van der Waals surface area contributed by atoms with E-state index >= 15 is 0 Å². The number of nitrogens with one attached hydrogen (secondary N) is 1. The van der Waals surface area contributed by atoms with Crippen molar-refractivity contribution in [1.82, 2.24) is 14.9 Å². The Morgan fingerprint density at radius 2 is 2.12 bits per heavy atom. The summed E-state index contributed by atoms with van der Waals surface area (Å²) in [5.74, 6) is 0.849. The van der Waals surface area contributed by atoms with Gasteiger partial charge in [0.05, 0.1) is 0 Å². The van der Waals surface area contributed by atoms with Crippen LogP contribution in [0.25, 0.3) is 0 Å². The van der Waals surface area contributed by atoms with Gasteiger partial charge in [-0.1, -0.05) is 6.42 Å². The number of hydrogen-bond acceptors (Lipinski definition) is 4. The first-order chi connectivity index (χ1) is 8.25. The quantitative estimate of drug-likeness (QED) is 0.838. The van der Waals surface area contributed by atoms with Gasteiger partial charge in [0, 0.05) is 24.8 Å². The number of halogens is 1. The van der Waals surface area contributed by atoms with E-state index in [4.69, 9.17) is 11.6 Å². The van der Waals surface area contributed by atoms with Crippen LogP contribution in [0.4, 0.5) is 5.82 Å². The predicted molar refractivity (Wildman–Crippen MR) is 70.6 cm³/mol. The molecule has 0 aromatic carbocycles. The van der Waals surface area contributed by atoms with Crippen LogP contribution < -0.4 is 5.32 Å². The SMILES string of the molecule is Cc1cnc(Cl)nc1NCCN1CCCCC1. The number of aryl methyl sites for hydroxylation is 1. The molecule has 17 heavy (non-hydrogen) atoms. The normalized spacial score (nSPS) is 17.1. The lowest BCUT2D eigenvalue weighted by Gasteiger charge is -2.26. The summed E-state index contributed by atoms with van der Waals surface area (Å²) >= 11 is 5.77. The first-order valence-electron chi connectivity index (χ1n) is 6.21. The van der Waals surface area contributed by atoms with Crippen molar-refractivity contribution < 1.29 is 0 Å². The molecule has 1 saturated heterocycles. The minimum Gasteiger partial charge on any atom is -0.368 e. The molecule has 0 unspecified atom stereocenters. The predicted octanol–water partition coefficient (Wildman–Crippen LogP) is 2.34. The van der Waals surface area contributed by atoms with Gasteiger partial charge in [-0.2, -0.15) is 0 Å². The Morgan fingerprint density at radius 3 is 2.88 bits per heavy atom. The lowest BCUT2D eigenvalue weighted by molar-refractivity contribution is 0.237.